The summed E-state index contributed by atoms with van der Waals surface area (Å²) in [7, 11) is 0. The lowest BCUT2D eigenvalue weighted by molar-refractivity contribution is -0.128. The Morgan fingerprint density at radius 3 is 2.74 bits per heavy atom. The van der Waals surface area contributed by atoms with Gasteiger partial charge in [0.1, 0.15) is 0 Å². The van der Waals surface area contributed by atoms with Crippen LogP contribution in [-0.4, -0.2) is 39.6 Å². The molecule has 1 aromatic rings. The number of amides is 2. The van der Waals surface area contributed by atoms with Gasteiger partial charge in [0.15, 0.2) is 0 Å². The molecule has 6 nitrogen and oxygen atoms in total. The van der Waals surface area contributed by atoms with E-state index in [9.17, 15) is 9.59 Å². The van der Waals surface area contributed by atoms with Crippen LogP contribution in [0, 0.1) is 19.8 Å². The maximum absolute atomic E-state index is 11.7. The van der Waals surface area contributed by atoms with E-state index in [4.69, 9.17) is 5.73 Å². The van der Waals surface area contributed by atoms with Crippen molar-refractivity contribution < 1.29 is 9.59 Å². The zero-order valence-electron chi connectivity index (χ0n) is 11.4. The first kappa shape index (κ1) is 13.6. The van der Waals surface area contributed by atoms with E-state index < -0.39 is 0 Å². The summed E-state index contributed by atoms with van der Waals surface area (Å²) in [4.78, 5) is 24.5. The Morgan fingerprint density at radius 1 is 1.47 bits per heavy atom. The molecule has 2 rings (SSSR count). The lowest BCUT2D eigenvalue weighted by Crippen LogP contribution is -2.29. The summed E-state index contributed by atoms with van der Waals surface area (Å²) in [6.07, 6.45) is 1.09. The normalized spacial score (nSPS) is 19.2. The standard InChI is InChI=1S/C13H20N4O2/c1-9-6-10(2)17(15-9)5-3-4-16-8-11(13(14)19)7-12(16)18/h6,11H,3-5,7-8H2,1-2H3,(H2,14,19). The van der Waals surface area contributed by atoms with Crippen LogP contribution in [0.4, 0.5) is 0 Å². The molecule has 0 aromatic carbocycles. The van der Waals surface area contributed by atoms with Crippen molar-refractivity contribution >= 4 is 11.8 Å². The van der Waals surface area contributed by atoms with Crippen molar-refractivity contribution in [3.8, 4) is 0 Å². The van der Waals surface area contributed by atoms with E-state index in [0.29, 0.717) is 13.1 Å². The lowest BCUT2D eigenvalue weighted by Gasteiger charge is -2.16. The molecule has 1 fully saturated rings. The molecule has 2 N–H and O–H groups in total. The number of aryl methyl sites for hydroxylation is 3. The summed E-state index contributed by atoms with van der Waals surface area (Å²) in [6.45, 7) is 5.88. The zero-order chi connectivity index (χ0) is 14.0. The predicted octanol–water partition coefficient (Wildman–Crippen LogP) is 0.224. The summed E-state index contributed by atoms with van der Waals surface area (Å²) in [5.74, 6) is -0.673. The summed E-state index contributed by atoms with van der Waals surface area (Å²) in [5, 5.41) is 4.38. The summed E-state index contributed by atoms with van der Waals surface area (Å²) in [5.41, 5.74) is 7.36. The van der Waals surface area contributed by atoms with Gasteiger partial charge in [-0.1, -0.05) is 0 Å². The van der Waals surface area contributed by atoms with E-state index in [2.05, 4.69) is 5.10 Å². The fourth-order valence-corrected chi connectivity index (χ4v) is 2.49. The third-order valence-electron chi connectivity index (χ3n) is 3.52. The third-order valence-corrected chi connectivity index (χ3v) is 3.52. The number of carbonyl (C=O) groups excluding carboxylic acids is 2. The molecule has 1 aromatic heterocycles. The molecule has 1 aliphatic heterocycles. The molecule has 1 saturated heterocycles. The maximum Gasteiger partial charge on any atom is 0.223 e. The van der Waals surface area contributed by atoms with E-state index in [1.807, 2.05) is 24.6 Å². The van der Waals surface area contributed by atoms with Crippen LogP contribution in [0.2, 0.25) is 0 Å². The molecule has 2 amide bonds. The quantitative estimate of drug-likeness (QED) is 0.826. The number of rotatable bonds is 5. The number of carbonyl (C=O) groups is 2. The molecule has 0 radical (unpaired) electrons. The molecular formula is C13H20N4O2. The monoisotopic (exact) mass is 264 g/mol. The van der Waals surface area contributed by atoms with Crippen molar-refractivity contribution in [3.05, 3.63) is 17.5 Å². The van der Waals surface area contributed by atoms with Crippen molar-refractivity contribution in [1.29, 1.82) is 0 Å². The minimum absolute atomic E-state index is 0.0252. The second-order valence-electron chi connectivity index (χ2n) is 5.15. The highest BCUT2D eigenvalue weighted by Gasteiger charge is 2.32. The Bertz CT molecular complexity index is 495. The Labute approximate surface area is 112 Å². The first-order valence-electron chi connectivity index (χ1n) is 6.55. The predicted molar refractivity (Wildman–Crippen MR) is 70.2 cm³/mol. The van der Waals surface area contributed by atoms with Crippen molar-refractivity contribution in [1.82, 2.24) is 14.7 Å². The van der Waals surface area contributed by atoms with Crippen molar-refractivity contribution in [2.75, 3.05) is 13.1 Å². The third kappa shape index (κ3) is 3.13. The fourth-order valence-electron chi connectivity index (χ4n) is 2.49. The van der Waals surface area contributed by atoms with Crippen LogP contribution in [0.15, 0.2) is 6.07 Å². The van der Waals surface area contributed by atoms with Crippen LogP contribution in [0.3, 0.4) is 0 Å². The van der Waals surface area contributed by atoms with Gasteiger partial charge in [0.05, 0.1) is 11.6 Å². The number of nitrogens with two attached hydrogens (primary N) is 1. The molecule has 0 bridgehead atoms. The molecular weight excluding hydrogens is 244 g/mol. The highest BCUT2D eigenvalue weighted by molar-refractivity contribution is 5.88. The molecule has 0 saturated carbocycles. The van der Waals surface area contributed by atoms with Crippen molar-refractivity contribution in [2.24, 2.45) is 11.7 Å². The molecule has 1 aliphatic rings. The zero-order valence-corrected chi connectivity index (χ0v) is 11.4. The van der Waals surface area contributed by atoms with Gasteiger partial charge in [0.2, 0.25) is 11.8 Å². The van der Waals surface area contributed by atoms with Crippen LogP contribution in [-0.2, 0) is 16.1 Å². The number of aromatic nitrogens is 2. The SMILES string of the molecule is Cc1cc(C)n(CCCN2CC(C(N)=O)CC2=O)n1. The molecule has 19 heavy (non-hydrogen) atoms. The molecule has 2 heterocycles. The van der Waals surface area contributed by atoms with Gasteiger partial charge in [-0.2, -0.15) is 5.10 Å². The summed E-state index contributed by atoms with van der Waals surface area (Å²) in [6, 6.07) is 2.03. The minimum Gasteiger partial charge on any atom is -0.369 e. The van der Waals surface area contributed by atoms with Crippen LogP contribution < -0.4 is 5.73 Å². The number of nitrogens with zero attached hydrogens (tertiary/aromatic N) is 3. The second kappa shape index (κ2) is 5.42. The molecule has 0 spiro atoms. The smallest absolute Gasteiger partial charge is 0.223 e. The number of hydrogen-bond donors (Lipinski definition) is 1. The average molecular weight is 264 g/mol. The van der Waals surface area contributed by atoms with Crippen molar-refractivity contribution in [3.63, 3.8) is 0 Å². The first-order chi connectivity index (χ1) is 8.97. The number of hydrogen-bond acceptors (Lipinski definition) is 3. The Morgan fingerprint density at radius 2 is 2.21 bits per heavy atom. The van der Waals surface area contributed by atoms with E-state index >= 15 is 0 Å². The number of likely N-dealkylation sites (tertiary alicyclic amines) is 1. The Balaban J connectivity index is 1.82. The molecule has 1 unspecified atom stereocenters. The Kier molecular flexibility index (Phi) is 3.87. The van der Waals surface area contributed by atoms with Gasteiger partial charge in [0, 0.05) is 31.7 Å². The molecule has 6 heteroatoms. The largest absolute Gasteiger partial charge is 0.369 e. The summed E-state index contributed by atoms with van der Waals surface area (Å²) >= 11 is 0. The molecule has 104 valence electrons. The van der Waals surface area contributed by atoms with Gasteiger partial charge in [-0.05, 0) is 26.3 Å². The fraction of sp³-hybridized carbons (Fsp3) is 0.615. The topological polar surface area (TPSA) is 81.2 Å². The highest BCUT2D eigenvalue weighted by Crippen LogP contribution is 2.17. The van der Waals surface area contributed by atoms with Crippen LogP contribution in [0.1, 0.15) is 24.2 Å². The Hall–Kier alpha value is -1.85. The van der Waals surface area contributed by atoms with Gasteiger partial charge < -0.3 is 10.6 Å². The maximum atomic E-state index is 11.7. The van der Waals surface area contributed by atoms with Crippen LogP contribution in [0.25, 0.3) is 0 Å². The van der Waals surface area contributed by atoms with Crippen molar-refractivity contribution in [2.45, 2.75) is 33.2 Å². The highest BCUT2D eigenvalue weighted by atomic mass is 16.2. The van der Waals surface area contributed by atoms with Gasteiger partial charge in [-0.15, -0.1) is 0 Å². The second-order valence-corrected chi connectivity index (χ2v) is 5.15. The van der Waals surface area contributed by atoms with Gasteiger partial charge in [0.25, 0.3) is 0 Å². The van der Waals surface area contributed by atoms with Gasteiger partial charge in [-0.3, -0.25) is 14.3 Å². The van der Waals surface area contributed by atoms with E-state index in [-0.39, 0.29) is 24.2 Å². The average Bonchev–Trinajstić information content (AvgIpc) is 2.83. The van der Waals surface area contributed by atoms with E-state index in [1.165, 1.54) is 0 Å². The summed E-state index contributed by atoms with van der Waals surface area (Å²) < 4.78 is 1.95. The molecule has 1 atom stereocenters. The van der Waals surface area contributed by atoms with Gasteiger partial charge >= 0.3 is 0 Å². The minimum atomic E-state index is -0.380. The van der Waals surface area contributed by atoms with E-state index in [1.54, 1.807) is 4.90 Å². The molecule has 0 aliphatic carbocycles. The van der Waals surface area contributed by atoms with Crippen LogP contribution >= 0.6 is 0 Å². The van der Waals surface area contributed by atoms with Crippen LogP contribution in [0.5, 0.6) is 0 Å². The first-order valence-corrected chi connectivity index (χ1v) is 6.55. The number of primary amides is 1. The van der Waals surface area contributed by atoms with E-state index in [0.717, 1.165) is 24.4 Å². The lowest BCUT2D eigenvalue weighted by atomic mass is 10.1. The van der Waals surface area contributed by atoms with Gasteiger partial charge in [-0.25, -0.2) is 0 Å².